The molecule has 1 unspecified atom stereocenters. The zero-order chi connectivity index (χ0) is 19.2. The van der Waals surface area contributed by atoms with Gasteiger partial charge in [-0.2, -0.15) is 10.4 Å². The molecular formula is C18H15IN7P. The van der Waals surface area contributed by atoms with Crippen molar-refractivity contribution in [2.75, 3.05) is 0 Å². The summed E-state index contributed by atoms with van der Waals surface area (Å²) in [6.07, 6.45) is 6.45. The highest BCUT2D eigenvalue weighted by Gasteiger charge is 2.18. The van der Waals surface area contributed by atoms with Crippen LogP contribution in [0.4, 0.5) is 5.82 Å². The van der Waals surface area contributed by atoms with Gasteiger partial charge in [-0.25, -0.2) is 14.4 Å². The van der Waals surface area contributed by atoms with Crippen LogP contribution < -0.4 is 5.73 Å². The molecule has 134 valence electrons. The van der Waals surface area contributed by atoms with E-state index < -0.39 is 0 Å². The third-order valence-corrected chi connectivity index (χ3v) is 5.57. The molecule has 0 saturated heterocycles. The average Bonchev–Trinajstić information content (AvgIpc) is 3.10. The van der Waals surface area contributed by atoms with Gasteiger partial charge in [0.2, 0.25) is 0 Å². The maximum absolute atomic E-state index is 8.93. The first-order chi connectivity index (χ1) is 13.2. The molecule has 0 radical (unpaired) electrons. The molecule has 0 aromatic carbocycles. The highest BCUT2D eigenvalue weighted by molar-refractivity contribution is 14.2. The lowest BCUT2D eigenvalue weighted by atomic mass is 10.0. The van der Waals surface area contributed by atoms with Gasteiger partial charge in [-0.3, -0.25) is 4.98 Å². The van der Waals surface area contributed by atoms with Crippen molar-refractivity contribution in [3.05, 3.63) is 54.0 Å². The molecule has 1 atom stereocenters. The summed E-state index contributed by atoms with van der Waals surface area (Å²) in [5, 5.41) is 13.4. The number of allylic oxidation sites excluding steroid dienone is 1. The van der Waals surface area contributed by atoms with Crippen LogP contribution in [0.2, 0.25) is 0 Å². The SMILES string of the molecule is Cc1cccc(-c2c(-c3ccc(N=CN)nc3/C=C/C#N)cnn2PI)n1. The van der Waals surface area contributed by atoms with Gasteiger partial charge in [0.15, 0.2) is 5.82 Å². The summed E-state index contributed by atoms with van der Waals surface area (Å²) < 4.78 is 1.92. The third-order valence-electron chi connectivity index (χ3n) is 3.70. The molecule has 3 heterocycles. The predicted molar refractivity (Wildman–Crippen MR) is 118 cm³/mol. The zero-order valence-electron chi connectivity index (χ0n) is 14.3. The minimum atomic E-state index is 0.417. The number of aliphatic imine (C=N–C) groups is 1. The van der Waals surface area contributed by atoms with Crippen LogP contribution in [-0.2, 0) is 0 Å². The molecule has 0 spiro atoms. The quantitative estimate of drug-likeness (QED) is 0.190. The zero-order valence-corrected chi connectivity index (χ0v) is 17.5. The van der Waals surface area contributed by atoms with E-state index in [1.165, 1.54) is 12.4 Å². The average molecular weight is 487 g/mol. The molecule has 0 aliphatic rings. The second kappa shape index (κ2) is 8.84. The van der Waals surface area contributed by atoms with Gasteiger partial charge < -0.3 is 5.73 Å². The lowest BCUT2D eigenvalue weighted by molar-refractivity contribution is 1.01. The Kier molecular flexibility index (Phi) is 6.27. The number of aryl methyl sites for hydroxylation is 1. The van der Waals surface area contributed by atoms with E-state index in [1.54, 1.807) is 18.3 Å². The molecule has 0 bridgehead atoms. The van der Waals surface area contributed by atoms with Crippen molar-refractivity contribution in [1.82, 2.24) is 19.5 Å². The number of rotatable bonds is 5. The monoisotopic (exact) mass is 487 g/mol. The molecule has 9 heteroatoms. The lowest BCUT2D eigenvalue weighted by Crippen LogP contribution is -1.95. The molecule has 3 rings (SSSR count). The smallest absolute Gasteiger partial charge is 0.154 e. The Labute approximate surface area is 171 Å². The van der Waals surface area contributed by atoms with Crippen LogP contribution >= 0.6 is 28.4 Å². The van der Waals surface area contributed by atoms with Crippen molar-refractivity contribution >= 4 is 46.6 Å². The maximum Gasteiger partial charge on any atom is 0.154 e. The van der Waals surface area contributed by atoms with Crippen molar-refractivity contribution < 1.29 is 0 Å². The number of pyridine rings is 2. The van der Waals surface area contributed by atoms with Gasteiger partial charge in [0.25, 0.3) is 0 Å². The minimum absolute atomic E-state index is 0.417. The first-order valence-electron chi connectivity index (χ1n) is 7.88. The Morgan fingerprint density at radius 2 is 2.11 bits per heavy atom. The fraction of sp³-hybridized carbons (Fsp3) is 0.0556. The van der Waals surface area contributed by atoms with Crippen molar-refractivity contribution in [3.8, 4) is 28.6 Å². The summed E-state index contributed by atoms with van der Waals surface area (Å²) in [4.78, 5) is 13.2. The Morgan fingerprint density at radius 1 is 1.26 bits per heavy atom. The molecule has 2 N–H and O–H groups in total. The van der Waals surface area contributed by atoms with E-state index in [0.29, 0.717) is 17.9 Å². The van der Waals surface area contributed by atoms with Crippen LogP contribution in [-0.4, -0.2) is 25.9 Å². The van der Waals surface area contributed by atoms with Gasteiger partial charge in [-0.1, -0.05) is 6.07 Å². The molecule has 7 nitrogen and oxygen atoms in total. The lowest BCUT2D eigenvalue weighted by Gasteiger charge is -2.10. The van der Waals surface area contributed by atoms with Crippen molar-refractivity contribution in [1.29, 1.82) is 5.26 Å². The first kappa shape index (κ1) is 19.1. The standard InChI is InChI=1S/C18H15IN7P/c1-12-4-2-5-16(24-12)18-14(10-23-26(18)27-19)13-7-8-17(22-11-21)25-15(13)6-3-9-20/h2-8,10-11,27H,1H3,(H2,21,22,25)/b6-3+. The molecule has 0 amide bonds. The van der Waals surface area contributed by atoms with E-state index in [9.17, 15) is 0 Å². The Morgan fingerprint density at radius 3 is 2.81 bits per heavy atom. The number of nitrogens with zero attached hydrogens (tertiary/aromatic N) is 6. The van der Waals surface area contributed by atoms with Crippen LogP contribution in [0.1, 0.15) is 11.4 Å². The predicted octanol–water partition coefficient (Wildman–Crippen LogP) is 4.26. The molecular weight excluding hydrogens is 472 g/mol. The Balaban J connectivity index is 2.24. The van der Waals surface area contributed by atoms with Gasteiger partial charge in [-0.15, -0.1) is 0 Å². The van der Waals surface area contributed by atoms with E-state index in [0.717, 1.165) is 28.2 Å². The van der Waals surface area contributed by atoms with Gasteiger partial charge in [0.05, 0.1) is 42.1 Å². The minimum Gasteiger partial charge on any atom is -0.390 e. The summed E-state index contributed by atoms with van der Waals surface area (Å²) in [5.41, 5.74) is 10.4. The molecule has 3 aromatic rings. The van der Waals surface area contributed by atoms with Gasteiger partial charge in [0.1, 0.15) is 0 Å². The molecule has 0 aliphatic heterocycles. The van der Waals surface area contributed by atoms with Gasteiger partial charge >= 0.3 is 0 Å². The van der Waals surface area contributed by atoms with Gasteiger partial charge in [-0.05, 0) is 59.3 Å². The maximum atomic E-state index is 8.93. The van der Waals surface area contributed by atoms with Gasteiger partial charge in [0, 0.05) is 22.9 Å². The Hall–Kier alpha value is -2.63. The molecule has 3 aromatic heterocycles. The van der Waals surface area contributed by atoms with E-state index in [1.807, 2.05) is 41.7 Å². The molecule has 0 aliphatic carbocycles. The number of hydrogen-bond acceptors (Lipinski definition) is 5. The van der Waals surface area contributed by atoms with Crippen LogP contribution in [0.15, 0.2) is 47.6 Å². The summed E-state index contributed by atoms with van der Waals surface area (Å²) in [6, 6.07) is 11.6. The summed E-state index contributed by atoms with van der Waals surface area (Å²) in [5.74, 6) is 0.470. The number of nitriles is 1. The van der Waals surface area contributed by atoms with Crippen LogP contribution in [0.25, 0.3) is 28.6 Å². The Bertz CT molecular complexity index is 1070. The molecule has 0 saturated carbocycles. The third kappa shape index (κ3) is 4.21. The number of hydrogen-bond donors (Lipinski definition) is 1. The van der Waals surface area contributed by atoms with Crippen molar-refractivity contribution in [3.63, 3.8) is 0 Å². The largest absolute Gasteiger partial charge is 0.390 e. The normalized spacial score (nSPS) is 11.7. The number of nitrogens with two attached hydrogens (primary N) is 1. The van der Waals surface area contributed by atoms with Crippen LogP contribution in [0, 0.1) is 18.3 Å². The van der Waals surface area contributed by atoms with Crippen LogP contribution in [0.5, 0.6) is 0 Å². The fourth-order valence-corrected chi connectivity index (χ4v) is 4.13. The summed E-state index contributed by atoms with van der Waals surface area (Å²) >= 11 is 2.29. The molecule has 0 fully saturated rings. The van der Waals surface area contributed by atoms with E-state index in [-0.39, 0.29) is 0 Å². The highest BCUT2D eigenvalue weighted by atomic mass is 127. The first-order valence-corrected chi connectivity index (χ1v) is 11.9. The van der Waals surface area contributed by atoms with E-state index >= 15 is 0 Å². The highest BCUT2D eigenvalue weighted by Crippen LogP contribution is 2.39. The van der Waals surface area contributed by atoms with Crippen molar-refractivity contribution in [2.24, 2.45) is 10.7 Å². The summed E-state index contributed by atoms with van der Waals surface area (Å²) in [6.45, 7) is 1.96. The van der Waals surface area contributed by atoms with Crippen LogP contribution in [0.3, 0.4) is 0 Å². The van der Waals surface area contributed by atoms with E-state index in [4.69, 9.17) is 11.0 Å². The molecule has 27 heavy (non-hydrogen) atoms. The number of aromatic nitrogens is 4. The second-order valence-corrected chi connectivity index (χ2v) is 7.45. The van der Waals surface area contributed by atoms with E-state index in [2.05, 4.69) is 42.1 Å². The topological polar surface area (TPSA) is 106 Å². The fourth-order valence-electron chi connectivity index (χ4n) is 2.61. The number of halogens is 1. The summed E-state index contributed by atoms with van der Waals surface area (Å²) in [7, 11) is 0. The second-order valence-electron chi connectivity index (χ2n) is 5.41. The van der Waals surface area contributed by atoms with Crippen molar-refractivity contribution in [2.45, 2.75) is 6.92 Å².